The number of hydrogen-bond donors (Lipinski definition) is 1. The van der Waals surface area contributed by atoms with Crippen LogP contribution in [-0.4, -0.2) is 36.9 Å². The lowest BCUT2D eigenvalue weighted by molar-refractivity contribution is 0.197. The first-order valence-corrected chi connectivity index (χ1v) is 13.2. The van der Waals surface area contributed by atoms with Crippen LogP contribution in [0, 0.1) is 0 Å². The maximum Gasteiger partial charge on any atom is 0.182 e. The number of hydrogen-bond acceptors (Lipinski definition) is 2. The van der Waals surface area contributed by atoms with Gasteiger partial charge in [-0.15, -0.1) is 0 Å². The van der Waals surface area contributed by atoms with Crippen molar-refractivity contribution in [3.63, 3.8) is 0 Å². The highest BCUT2D eigenvalue weighted by molar-refractivity contribution is 6.70. The Morgan fingerprint density at radius 1 is 1.36 bits per heavy atom. The summed E-state index contributed by atoms with van der Waals surface area (Å²) in [5, 5.41) is 0.153. The summed E-state index contributed by atoms with van der Waals surface area (Å²) in [7, 11) is -2.90. The minimum absolute atomic E-state index is 0.153. The molecule has 0 aromatic carbocycles. The summed E-state index contributed by atoms with van der Waals surface area (Å²) in [5.74, 6) is 0. The Labute approximate surface area is 93.7 Å². The van der Waals surface area contributed by atoms with Crippen LogP contribution in [0.15, 0.2) is 0 Å². The molecule has 0 atom stereocenters. The molecule has 0 unspecified atom stereocenters. The van der Waals surface area contributed by atoms with Gasteiger partial charge in [-0.05, 0) is 46.1 Å². The lowest BCUT2D eigenvalue weighted by atomic mass is 10.5. The molecule has 5 heteroatoms. The van der Waals surface area contributed by atoms with Gasteiger partial charge in [0.2, 0.25) is 0 Å². The molecule has 0 bridgehead atoms. The van der Waals surface area contributed by atoms with Crippen molar-refractivity contribution in [2.45, 2.75) is 57.3 Å². The minimum atomic E-state index is -1.81. The second kappa shape index (κ2) is 5.60. The molecular formula is C9H26O2Si3. The van der Waals surface area contributed by atoms with E-state index in [2.05, 4.69) is 26.9 Å². The molecule has 0 spiro atoms. The SMILES string of the molecule is C[SiH](C)OC(C)(C)[SiH2]CC[Si](C)(C)O. The summed E-state index contributed by atoms with van der Waals surface area (Å²) < 4.78 is 5.99. The second-order valence-electron chi connectivity index (χ2n) is 5.59. The highest BCUT2D eigenvalue weighted by Crippen LogP contribution is 2.15. The van der Waals surface area contributed by atoms with Crippen LogP contribution in [0.3, 0.4) is 0 Å². The van der Waals surface area contributed by atoms with Crippen molar-refractivity contribution in [3.05, 3.63) is 0 Å². The first-order valence-electron chi connectivity index (χ1n) is 5.53. The van der Waals surface area contributed by atoms with Gasteiger partial charge in [0.25, 0.3) is 0 Å². The molecule has 0 amide bonds. The van der Waals surface area contributed by atoms with Gasteiger partial charge in [-0.2, -0.15) is 0 Å². The zero-order valence-corrected chi connectivity index (χ0v) is 14.1. The van der Waals surface area contributed by atoms with Crippen LogP contribution < -0.4 is 0 Å². The smallest absolute Gasteiger partial charge is 0.182 e. The quantitative estimate of drug-likeness (QED) is 0.724. The van der Waals surface area contributed by atoms with Gasteiger partial charge in [-0.1, -0.05) is 6.04 Å². The van der Waals surface area contributed by atoms with Gasteiger partial charge in [0.1, 0.15) is 0 Å². The largest absolute Gasteiger partial charge is 0.432 e. The van der Waals surface area contributed by atoms with Gasteiger partial charge in [-0.3, -0.25) is 0 Å². The van der Waals surface area contributed by atoms with Crippen LogP contribution in [0.2, 0.25) is 38.3 Å². The third-order valence-electron chi connectivity index (χ3n) is 2.12. The molecule has 0 aromatic rings. The molecule has 0 rings (SSSR count). The number of rotatable bonds is 6. The maximum absolute atomic E-state index is 9.73. The standard InChI is InChI=1S/C9H26O2Si3/c1-9(2,11-13(3)4)12-7-8-14(5,6)10/h10,13H,7-8,12H2,1-6H3. The Hall–Kier alpha value is 0.571. The predicted molar refractivity (Wildman–Crippen MR) is 71.9 cm³/mol. The molecule has 86 valence electrons. The van der Waals surface area contributed by atoms with Gasteiger partial charge >= 0.3 is 0 Å². The molecule has 0 aromatic heterocycles. The van der Waals surface area contributed by atoms with Crippen molar-refractivity contribution < 1.29 is 9.22 Å². The van der Waals surface area contributed by atoms with Crippen LogP contribution >= 0.6 is 0 Å². The molecular weight excluding hydrogens is 224 g/mol. The zero-order chi connectivity index (χ0) is 11.4. The van der Waals surface area contributed by atoms with Crippen molar-refractivity contribution >= 4 is 26.9 Å². The lowest BCUT2D eigenvalue weighted by Crippen LogP contribution is -2.37. The first kappa shape index (κ1) is 14.6. The van der Waals surface area contributed by atoms with Gasteiger partial charge in [0.15, 0.2) is 17.4 Å². The van der Waals surface area contributed by atoms with E-state index in [1.807, 2.05) is 13.1 Å². The summed E-state index contributed by atoms with van der Waals surface area (Å²) >= 11 is 0. The predicted octanol–water partition coefficient (Wildman–Crippen LogP) is 1.51. The summed E-state index contributed by atoms with van der Waals surface area (Å²) in [5.41, 5.74) is 0. The minimum Gasteiger partial charge on any atom is -0.432 e. The fourth-order valence-electron chi connectivity index (χ4n) is 1.64. The monoisotopic (exact) mass is 250 g/mol. The molecule has 14 heavy (non-hydrogen) atoms. The Kier molecular flexibility index (Phi) is 5.83. The van der Waals surface area contributed by atoms with E-state index in [0.717, 1.165) is 6.04 Å². The van der Waals surface area contributed by atoms with Crippen molar-refractivity contribution in [1.29, 1.82) is 0 Å². The maximum atomic E-state index is 9.73. The van der Waals surface area contributed by atoms with E-state index in [1.165, 1.54) is 6.04 Å². The fraction of sp³-hybridized carbons (Fsp3) is 1.00. The fourth-order valence-corrected chi connectivity index (χ4v) is 9.41. The molecule has 0 fully saturated rings. The van der Waals surface area contributed by atoms with E-state index < -0.39 is 17.4 Å². The molecule has 0 aliphatic carbocycles. The van der Waals surface area contributed by atoms with E-state index in [9.17, 15) is 4.80 Å². The molecule has 2 nitrogen and oxygen atoms in total. The highest BCUT2D eigenvalue weighted by Gasteiger charge is 2.23. The molecule has 0 saturated heterocycles. The average Bonchev–Trinajstić information content (AvgIpc) is 1.78. The van der Waals surface area contributed by atoms with Crippen molar-refractivity contribution in [2.24, 2.45) is 0 Å². The zero-order valence-electron chi connectivity index (χ0n) is 10.6. The molecule has 0 saturated carbocycles. The van der Waals surface area contributed by atoms with E-state index >= 15 is 0 Å². The average molecular weight is 251 g/mol. The van der Waals surface area contributed by atoms with E-state index in [0.29, 0.717) is 0 Å². The van der Waals surface area contributed by atoms with Crippen LogP contribution in [0.25, 0.3) is 0 Å². The Morgan fingerprint density at radius 2 is 1.86 bits per heavy atom. The molecule has 0 aliphatic rings. The summed E-state index contributed by atoms with van der Waals surface area (Å²) in [6.45, 7) is 12.9. The Balaban J connectivity index is 3.76. The Bertz CT molecular complexity index is 164. The first-order chi connectivity index (χ1) is 6.12. The van der Waals surface area contributed by atoms with E-state index in [4.69, 9.17) is 4.43 Å². The summed E-state index contributed by atoms with van der Waals surface area (Å²) in [4.78, 5) is 9.73. The molecule has 0 heterocycles. The third kappa shape index (κ3) is 9.14. The molecule has 1 N–H and O–H groups in total. The topological polar surface area (TPSA) is 29.5 Å². The van der Waals surface area contributed by atoms with Gasteiger partial charge in [0.05, 0.1) is 9.52 Å². The third-order valence-corrected chi connectivity index (χ3v) is 7.93. The lowest BCUT2D eigenvalue weighted by Gasteiger charge is -2.28. The highest BCUT2D eigenvalue weighted by atomic mass is 28.4. The van der Waals surface area contributed by atoms with Gasteiger partial charge in [-0.25, -0.2) is 0 Å². The van der Waals surface area contributed by atoms with Crippen LogP contribution in [-0.2, 0) is 4.43 Å². The van der Waals surface area contributed by atoms with Crippen LogP contribution in [0.1, 0.15) is 13.8 Å². The van der Waals surface area contributed by atoms with Crippen LogP contribution in [0.4, 0.5) is 0 Å². The summed E-state index contributed by atoms with van der Waals surface area (Å²) in [6, 6.07) is 2.27. The second-order valence-corrected chi connectivity index (χ2v) is 15.0. The normalized spacial score (nSPS) is 14.6. The van der Waals surface area contributed by atoms with Gasteiger partial charge < -0.3 is 9.22 Å². The van der Waals surface area contributed by atoms with Crippen molar-refractivity contribution in [1.82, 2.24) is 0 Å². The summed E-state index contributed by atoms with van der Waals surface area (Å²) in [6.07, 6.45) is 0. The molecule has 0 radical (unpaired) electrons. The molecule has 0 aliphatic heterocycles. The van der Waals surface area contributed by atoms with Crippen LogP contribution in [0.5, 0.6) is 0 Å². The van der Waals surface area contributed by atoms with Gasteiger partial charge in [0, 0.05) is 5.22 Å². The van der Waals surface area contributed by atoms with Crippen molar-refractivity contribution in [2.75, 3.05) is 0 Å². The van der Waals surface area contributed by atoms with E-state index in [1.54, 1.807) is 0 Å². The Morgan fingerprint density at radius 3 is 2.21 bits per heavy atom. The van der Waals surface area contributed by atoms with E-state index in [-0.39, 0.29) is 14.7 Å². The van der Waals surface area contributed by atoms with Crippen molar-refractivity contribution in [3.8, 4) is 0 Å².